The van der Waals surface area contributed by atoms with E-state index in [0.717, 1.165) is 32.2 Å². The van der Waals surface area contributed by atoms with E-state index in [1.54, 1.807) is 24.3 Å². The standard InChI is InChI=1S/C25H21ClN2O2S/c1-15-9-12-18(13-10-15)31-23-22(27-20-14-16(2)8-11-17(20)3)24(29)28(25(23)30)21-7-5-4-6-19(21)26/h4-14,27H,1-3H3. The summed E-state index contributed by atoms with van der Waals surface area (Å²) in [5.41, 5.74) is 4.58. The van der Waals surface area contributed by atoms with Gasteiger partial charge in [-0.25, -0.2) is 4.90 Å². The number of carbonyl (C=O) groups is 2. The summed E-state index contributed by atoms with van der Waals surface area (Å²) in [7, 11) is 0. The number of anilines is 2. The Labute approximate surface area is 190 Å². The summed E-state index contributed by atoms with van der Waals surface area (Å²) < 4.78 is 0. The summed E-state index contributed by atoms with van der Waals surface area (Å²) in [5, 5.41) is 3.58. The maximum absolute atomic E-state index is 13.4. The highest BCUT2D eigenvalue weighted by Gasteiger charge is 2.41. The van der Waals surface area contributed by atoms with Gasteiger partial charge in [-0.05, 0) is 62.2 Å². The van der Waals surface area contributed by atoms with E-state index < -0.39 is 11.8 Å². The maximum Gasteiger partial charge on any atom is 0.283 e. The number of benzene rings is 3. The number of nitrogens with zero attached hydrogens (tertiary/aromatic N) is 1. The van der Waals surface area contributed by atoms with Gasteiger partial charge in [-0.15, -0.1) is 0 Å². The molecule has 2 amide bonds. The minimum atomic E-state index is -0.423. The van der Waals surface area contributed by atoms with Crippen LogP contribution in [0.5, 0.6) is 0 Å². The van der Waals surface area contributed by atoms with Crippen molar-refractivity contribution in [3.8, 4) is 0 Å². The van der Waals surface area contributed by atoms with Crippen molar-refractivity contribution in [1.29, 1.82) is 0 Å². The van der Waals surface area contributed by atoms with Crippen LogP contribution in [0.2, 0.25) is 5.02 Å². The van der Waals surface area contributed by atoms with Crippen LogP contribution in [0, 0.1) is 20.8 Å². The van der Waals surface area contributed by atoms with Crippen molar-refractivity contribution in [3.05, 3.63) is 99.0 Å². The highest BCUT2D eigenvalue weighted by molar-refractivity contribution is 8.04. The fraction of sp³-hybridized carbons (Fsp3) is 0.120. The third-order valence-electron chi connectivity index (χ3n) is 5.03. The monoisotopic (exact) mass is 448 g/mol. The summed E-state index contributed by atoms with van der Waals surface area (Å²) in [6.45, 7) is 5.95. The van der Waals surface area contributed by atoms with Crippen molar-refractivity contribution in [3.63, 3.8) is 0 Å². The summed E-state index contributed by atoms with van der Waals surface area (Å²) in [4.78, 5) is 29.2. The predicted molar refractivity (Wildman–Crippen MR) is 128 cm³/mol. The molecule has 156 valence electrons. The zero-order valence-corrected chi connectivity index (χ0v) is 19.0. The van der Waals surface area contributed by atoms with Gasteiger partial charge in [0.05, 0.1) is 10.7 Å². The number of imide groups is 1. The molecule has 3 aromatic rings. The zero-order valence-electron chi connectivity index (χ0n) is 17.4. The number of nitrogens with one attached hydrogen (secondary N) is 1. The first-order valence-corrected chi connectivity index (χ1v) is 11.0. The Bertz CT molecular complexity index is 1220. The van der Waals surface area contributed by atoms with Gasteiger partial charge in [0, 0.05) is 10.6 Å². The van der Waals surface area contributed by atoms with Crippen molar-refractivity contribution in [2.45, 2.75) is 25.7 Å². The van der Waals surface area contributed by atoms with Gasteiger partial charge >= 0.3 is 0 Å². The van der Waals surface area contributed by atoms with Gasteiger partial charge in [0.25, 0.3) is 11.8 Å². The van der Waals surface area contributed by atoms with E-state index in [-0.39, 0.29) is 5.70 Å². The van der Waals surface area contributed by atoms with Crippen molar-refractivity contribution in [1.82, 2.24) is 0 Å². The summed E-state index contributed by atoms with van der Waals surface area (Å²) in [6.07, 6.45) is 0. The molecule has 0 unspecified atom stereocenters. The number of halogens is 1. The lowest BCUT2D eigenvalue weighted by molar-refractivity contribution is -0.120. The Morgan fingerprint density at radius 1 is 0.839 bits per heavy atom. The molecule has 6 heteroatoms. The first kappa shape index (κ1) is 21.2. The SMILES string of the molecule is Cc1ccc(SC2=C(Nc3cc(C)ccc3C)C(=O)N(c3ccccc3Cl)C2=O)cc1. The van der Waals surface area contributed by atoms with E-state index in [1.807, 2.05) is 63.2 Å². The first-order chi connectivity index (χ1) is 14.8. The molecule has 0 spiro atoms. The van der Waals surface area contributed by atoms with E-state index in [0.29, 0.717) is 15.6 Å². The molecule has 0 fully saturated rings. The van der Waals surface area contributed by atoms with Gasteiger partial charge in [-0.1, -0.05) is 65.3 Å². The van der Waals surface area contributed by atoms with Crippen LogP contribution >= 0.6 is 23.4 Å². The van der Waals surface area contributed by atoms with Gasteiger partial charge < -0.3 is 5.32 Å². The highest BCUT2D eigenvalue weighted by atomic mass is 35.5. The number of amides is 2. The summed E-state index contributed by atoms with van der Waals surface area (Å²) in [5.74, 6) is -0.815. The number of hydrogen-bond donors (Lipinski definition) is 1. The molecule has 0 radical (unpaired) electrons. The smallest absolute Gasteiger partial charge is 0.283 e. The molecule has 3 aromatic carbocycles. The third-order valence-corrected chi connectivity index (χ3v) is 6.44. The number of para-hydroxylation sites is 1. The van der Waals surface area contributed by atoms with Crippen molar-refractivity contribution < 1.29 is 9.59 Å². The highest BCUT2D eigenvalue weighted by Crippen LogP contribution is 2.40. The maximum atomic E-state index is 13.4. The molecule has 0 saturated carbocycles. The van der Waals surface area contributed by atoms with Crippen molar-refractivity contribution >= 4 is 46.6 Å². The van der Waals surface area contributed by atoms with E-state index in [9.17, 15) is 9.59 Å². The Kier molecular flexibility index (Phi) is 5.90. The molecule has 0 saturated heterocycles. The number of rotatable bonds is 5. The van der Waals surface area contributed by atoms with Gasteiger partial charge in [-0.2, -0.15) is 0 Å². The molecule has 31 heavy (non-hydrogen) atoms. The van der Waals surface area contributed by atoms with Gasteiger partial charge in [0.2, 0.25) is 0 Å². The molecule has 0 aliphatic carbocycles. The predicted octanol–water partition coefficient (Wildman–Crippen LogP) is 6.25. The second-order valence-electron chi connectivity index (χ2n) is 7.46. The average molecular weight is 449 g/mol. The normalized spacial score (nSPS) is 13.9. The Balaban J connectivity index is 1.79. The van der Waals surface area contributed by atoms with Crippen molar-refractivity contribution in [2.75, 3.05) is 10.2 Å². The third kappa shape index (κ3) is 4.24. The second-order valence-corrected chi connectivity index (χ2v) is 8.95. The number of hydrogen-bond acceptors (Lipinski definition) is 4. The minimum absolute atomic E-state index is 0.254. The molecule has 1 aliphatic rings. The van der Waals surface area contributed by atoms with E-state index in [4.69, 9.17) is 11.6 Å². The molecular weight excluding hydrogens is 428 g/mol. The van der Waals surface area contributed by atoms with E-state index in [2.05, 4.69) is 5.32 Å². The zero-order chi connectivity index (χ0) is 22.1. The molecule has 0 aromatic heterocycles. The van der Waals surface area contributed by atoms with Gasteiger partial charge in [0.15, 0.2) is 0 Å². The van der Waals surface area contributed by atoms with Crippen LogP contribution in [0.4, 0.5) is 11.4 Å². The van der Waals surface area contributed by atoms with Crippen LogP contribution in [-0.4, -0.2) is 11.8 Å². The lowest BCUT2D eigenvalue weighted by Crippen LogP contribution is -2.32. The molecule has 0 atom stereocenters. The molecule has 1 aliphatic heterocycles. The number of aryl methyl sites for hydroxylation is 3. The second kappa shape index (κ2) is 8.61. The quantitative estimate of drug-likeness (QED) is 0.468. The fourth-order valence-electron chi connectivity index (χ4n) is 3.30. The topological polar surface area (TPSA) is 49.4 Å². The fourth-order valence-corrected chi connectivity index (χ4v) is 4.44. The summed E-state index contributed by atoms with van der Waals surface area (Å²) in [6, 6.07) is 20.7. The first-order valence-electron chi connectivity index (χ1n) is 9.81. The van der Waals surface area contributed by atoms with Crippen LogP contribution in [0.25, 0.3) is 0 Å². The van der Waals surface area contributed by atoms with Crippen LogP contribution in [0.15, 0.2) is 82.2 Å². The van der Waals surface area contributed by atoms with Crippen LogP contribution in [0.3, 0.4) is 0 Å². The lowest BCUT2D eigenvalue weighted by Gasteiger charge is -2.17. The largest absolute Gasteiger partial charge is 0.350 e. The molecule has 1 N–H and O–H groups in total. The number of thioether (sulfide) groups is 1. The lowest BCUT2D eigenvalue weighted by atomic mass is 10.1. The minimum Gasteiger partial charge on any atom is -0.350 e. The van der Waals surface area contributed by atoms with E-state index in [1.165, 1.54) is 11.8 Å². The molecular formula is C25H21ClN2O2S. The van der Waals surface area contributed by atoms with E-state index >= 15 is 0 Å². The summed E-state index contributed by atoms with van der Waals surface area (Å²) >= 11 is 7.60. The number of carbonyl (C=O) groups excluding carboxylic acids is 2. The Morgan fingerprint density at radius 2 is 1.52 bits per heavy atom. The molecule has 1 heterocycles. The Morgan fingerprint density at radius 3 is 2.23 bits per heavy atom. The van der Waals surface area contributed by atoms with Crippen LogP contribution < -0.4 is 10.2 Å². The van der Waals surface area contributed by atoms with Crippen molar-refractivity contribution in [2.24, 2.45) is 0 Å². The Hall–Kier alpha value is -3.02. The molecule has 0 bridgehead atoms. The average Bonchev–Trinajstić information content (AvgIpc) is 2.97. The van der Waals surface area contributed by atoms with Crippen LogP contribution in [0.1, 0.15) is 16.7 Å². The molecule has 4 nitrogen and oxygen atoms in total. The molecule has 4 rings (SSSR count). The van der Waals surface area contributed by atoms with Crippen LogP contribution in [-0.2, 0) is 9.59 Å². The van der Waals surface area contributed by atoms with Gasteiger partial charge in [-0.3, -0.25) is 9.59 Å². The van der Waals surface area contributed by atoms with Gasteiger partial charge in [0.1, 0.15) is 10.6 Å².